The maximum absolute atomic E-state index is 12.7. The molecule has 19 heavy (non-hydrogen) atoms. The number of halogens is 3. The maximum Gasteiger partial charge on any atom is 0.416 e. The number of nitrogens with zero attached hydrogens (tertiary/aromatic N) is 2. The quantitative estimate of drug-likeness (QED) is 0.860. The standard InChI is InChI=1S/C13H12F3N3/c14-13(15,16)10-2-1-3-11(6-10)19-12-8-17-5-4-9(12)7-18-19/h1-3,6-7,17H,4-5,8H2. The molecule has 2 heterocycles. The highest BCUT2D eigenvalue weighted by Crippen LogP contribution is 2.30. The Hall–Kier alpha value is -1.82. The van der Waals surface area contributed by atoms with Crippen molar-refractivity contribution in [2.45, 2.75) is 19.1 Å². The van der Waals surface area contributed by atoms with E-state index in [1.54, 1.807) is 16.9 Å². The number of aromatic nitrogens is 2. The summed E-state index contributed by atoms with van der Waals surface area (Å²) in [6.07, 6.45) is -1.74. The van der Waals surface area contributed by atoms with E-state index >= 15 is 0 Å². The molecule has 0 amide bonds. The van der Waals surface area contributed by atoms with Gasteiger partial charge in [0.25, 0.3) is 0 Å². The van der Waals surface area contributed by atoms with E-state index in [2.05, 4.69) is 10.4 Å². The number of hydrogen-bond donors (Lipinski definition) is 1. The monoisotopic (exact) mass is 267 g/mol. The lowest BCUT2D eigenvalue weighted by molar-refractivity contribution is -0.137. The van der Waals surface area contributed by atoms with E-state index < -0.39 is 11.7 Å². The molecule has 0 unspecified atom stereocenters. The minimum Gasteiger partial charge on any atom is -0.311 e. The second-order valence-corrected chi connectivity index (χ2v) is 4.50. The van der Waals surface area contributed by atoms with Crippen LogP contribution in [0.25, 0.3) is 5.69 Å². The lowest BCUT2D eigenvalue weighted by Crippen LogP contribution is -2.25. The van der Waals surface area contributed by atoms with Crippen LogP contribution in [0.1, 0.15) is 16.8 Å². The van der Waals surface area contributed by atoms with Gasteiger partial charge in [0.2, 0.25) is 0 Å². The Bertz CT molecular complexity index is 601. The molecule has 0 aliphatic carbocycles. The third-order valence-corrected chi connectivity index (χ3v) is 3.24. The lowest BCUT2D eigenvalue weighted by Gasteiger charge is -2.16. The van der Waals surface area contributed by atoms with Crippen molar-refractivity contribution in [1.29, 1.82) is 0 Å². The number of benzene rings is 1. The second kappa shape index (κ2) is 4.38. The van der Waals surface area contributed by atoms with E-state index in [0.717, 1.165) is 36.4 Å². The van der Waals surface area contributed by atoms with Crippen molar-refractivity contribution in [1.82, 2.24) is 15.1 Å². The van der Waals surface area contributed by atoms with Gasteiger partial charge in [-0.05, 0) is 36.7 Å². The van der Waals surface area contributed by atoms with Gasteiger partial charge in [0.05, 0.1) is 23.1 Å². The van der Waals surface area contributed by atoms with Gasteiger partial charge >= 0.3 is 6.18 Å². The van der Waals surface area contributed by atoms with Crippen molar-refractivity contribution < 1.29 is 13.2 Å². The first-order valence-corrected chi connectivity index (χ1v) is 6.00. The first kappa shape index (κ1) is 12.2. The van der Waals surface area contributed by atoms with Crippen LogP contribution in [-0.4, -0.2) is 16.3 Å². The maximum atomic E-state index is 12.7. The van der Waals surface area contributed by atoms with E-state index in [0.29, 0.717) is 12.2 Å². The molecule has 1 N–H and O–H groups in total. The van der Waals surface area contributed by atoms with Crippen molar-refractivity contribution in [2.75, 3.05) is 6.54 Å². The van der Waals surface area contributed by atoms with Gasteiger partial charge in [-0.2, -0.15) is 18.3 Å². The summed E-state index contributed by atoms with van der Waals surface area (Å²) in [5, 5.41) is 7.40. The molecular formula is C13H12F3N3. The SMILES string of the molecule is FC(F)(F)c1cccc(-n2ncc3c2CNCC3)c1. The van der Waals surface area contributed by atoms with Crippen LogP contribution in [0.3, 0.4) is 0 Å². The molecule has 0 saturated carbocycles. The van der Waals surface area contributed by atoms with Crippen molar-refractivity contribution in [3.63, 3.8) is 0 Å². The van der Waals surface area contributed by atoms with Gasteiger partial charge in [0, 0.05) is 6.54 Å². The van der Waals surface area contributed by atoms with Crippen LogP contribution >= 0.6 is 0 Å². The fourth-order valence-corrected chi connectivity index (χ4v) is 2.27. The molecule has 1 aliphatic heterocycles. The zero-order valence-corrected chi connectivity index (χ0v) is 10.0. The first-order valence-electron chi connectivity index (χ1n) is 6.00. The summed E-state index contributed by atoms with van der Waals surface area (Å²) >= 11 is 0. The van der Waals surface area contributed by atoms with E-state index in [1.807, 2.05) is 0 Å². The largest absolute Gasteiger partial charge is 0.416 e. The zero-order valence-electron chi connectivity index (χ0n) is 10.0. The van der Waals surface area contributed by atoms with Crippen molar-refractivity contribution in [3.05, 3.63) is 47.3 Å². The van der Waals surface area contributed by atoms with Gasteiger partial charge < -0.3 is 5.32 Å². The van der Waals surface area contributed by atoms with Crippen molar-refractivity contribution in [3.8, 4) is 5.69 Å². The summed E-state index contributed by atoms with van der Waals surface area (Å²) in [5.41, 5.74) is 1.82. The van der Waals surface area contributed by atoms with E-state index in [1.165, 1.54) is 6.07 Å². The molecule has 1 aromatic carbocycles. The summed E-state index contributed by atoms with van der Waals surface area (Å²) in [5.74, 6) is 0. The minimum atomic E-state index is -4.33. The Kier molecular flexibility index (Phi) is 2.82. The van der Waals surface area contributed by atoms with Gasteiger partial charge in [-0.25, -0.2) is 4.68 Å². The number of rotatable bonds is 1. The molecule has 1 aromatic heterocycles. The number of fused-ring (bicyclic) bond motifs is 1. The van der Waals surface area contributed by atoms with Gasteiger partial charge in [0.15, 0.2) is 0 Å². The van der Waals surface area contributed by atoms with Crippen LogP contribution in [0.15, 0.2) is 30.5 Å². The van der Waals surface area contributed by atoms with E-state index in [4.69, 9.17) is 0 Å². The van der Waals surface area contributed by atoms with Crippen LogP contribution in [0, 0.1) is 0 Å². The Morgan fingerprint density at radius 3 is 2.89 bits per heavy atom. The summed E-state index contributed by atoms with van der Waals surface area (Å²) in [6.45, 7) is 1.51. The molecule has 0 spiro atoms. The highest BCUT2D eigenvalue weighted by atomic mass is 19.4. The van der Waals surface area contributed by atoms with Crippen molar-refractivity contribution in [2.24, 2.45) is 0 Å². The molecule has 6 heteroatoms. The van der Waals surface area contributed by atoms with Crippen LogP contribution in [-0.2, 0) is 19.1 Å². The topological polar surface area (TPSA) is 29.9 Å². The average molecular weight is 267 g/mol. The third kappa shape index (κ3) is 2.23. The fraction of sp³-hybridized carbons (Fsp3) is 0.308. The Morgan fingerprint density at radius 2 is 2.11 bits per heavy atom. The van der Waals surface area contributed by atoms with Crippen LogP contribution < -0.4 is 5.32 Å². The molecule has 0 bridgehead atoms. The van der Waals surface area contributed by atoms with Gasteiger partial charge in [-0.15, -0.1) is 0 Å². The molecule has 100 valence electrons. The lowest BCUT2D eigenvalue weighted by atomic mass is 10.1. The predicted octanol–water partition coefficient (Wildman–Crippen LogP) is 2.54. The smallest absolute Gasteiger partial charge is 0.311 e. The van der Waals surface area contributed by atoms with Gasteiger partial charge in [0.1, 0.15) is 0 Å². The molecule has 3 nitrogen and oxygen atoms in total. The Morgan fingerprint density at radius 1 is 1.26 bits per heavy atom. The Balaban J connectivity index is 2.05. The fourth-order valence-electron chi connectivity index (χ4n) is 2.27. The molecule has 0 saturated heterocycles. The number of alkyl halides is 3. The summed E-state index contributed by atoms with van der Waals surface area (Å²) in [4.78, 5) is 0. The van der Waals surface area contributed by atoms with Crippen LogP contribution in [0.2, 0.25) is 0 Å². The number of hydrogen-bond acceptors (Lipinski definition) is 2. The third-order valence-electron chi connectivity index (χ3n) is 3.24. The average Bonchev–Trinajstić information content (AvgIpc) is 2.82. The van der Waals surface area contributed by atoms with Gasteiger partial charge in [-0.3, -0.25) is 0 Å². The zero-order chi connectivity index (χ0) is 13.5. The van der Waals surface area contributed by atoms with Crippen LogP contribution in [0.4, 0.5) is 13.2 Å². The van der Waals surface area contributed by atoms with E-state index in [-0.39, 0.29) is 0 Å². The van der Waals surface area contributed by atoms with E-state index in [9.17, 15) is 13.2 Å². The molecule has 2 aromatic rings. The normalized spacial score (nSPS) is 15.3. The first-order chi connectivity index (χ1) is 9.05. The minimum absolute atomic E-state index is 0.444. The predicted molar refractivity (Wildman–Crippen MR) is 64.0 cm³/mol. The van der Waals surface area contributed by atoms with Crippen LogP contribution in [0.5, 0.6) is 0 Å². The molecule has 0 atom stereocenters. The molecular weight excluding hydrogens is 255 g/mol. The second-order valence-electron chi connectivity index (χ2n) is 4.50. The summed E-state index contributed by atoms with van der Waals surface area (Å²) in [7, 11) is 0. The molecule has 0 radical (unpaired) electrons. The Labute approximate surface area is 108 Å². The highest BCUT2D eigenvalue weighted by molar-refractivity contribution is 5.39. The summed E-state index contributed by atoms with van der Waals surface area (Å²) < 4.78 is 39.7. The summed E-state index contributed by atoms with van der Waals surface area (Å²) in [6, 6.07) is 5.24. The molecule has 1 aliphatic rings. The highest BCUT2D eigenvalue weighted by Gasteiger charge is 2.30. The van der Waals surface area contributed by atoms with Gasteiger partial charge in [-0.1, -0.05) is 6.07 Å². The van der Waals surface area contributed by atoms with Crippen molar-refractivity contribution >= 4 is 0 Å². The molecule has 3 rings (SSSR count). The number of nitrogens with one attached hydrogen (secondary N) is 1. The molecule has 0 fully saturated rings.